The second kappa shape index (κ2) is 3.37. The average Bonchev–Trinajstić information content (AvgIpc) is 2.87. The smallest absolute Gasteiger partial charge is 0.329 e. The first-order valence-electron chi connectivity index (χ1n) is 5.07. The second-order valence-corrected chi connectivity index (χ2v) is 4.17. The normalized spacial score (nSPS) is 16.9. The Labute approximate surface area is 92.4 Å². The molecule has 0 atom stereocenters. The van der Waals surface area contributed by atoms with Gasteiger partial charge in [-0.2, -0.15) is 0 Å². The molecule has 0 saturated heterocycles. The highest BCUT2D eigenvalue weighted by molar-refractivity contribution is 5.99. The van der Waals surface area contributed by atoms with Gasteiger partial charge in [0.05, 0.1) is 5.56 Å². The van der Waals surface area contributed by atoms with Crippen molar-refractivity contribution in [3.63, 3.8) is 0 Å². The molecule has 0 unspecified atom stereocenters. The molecule has 1 aromatic rings. The van der Waals surface area contributed by atoms with E-state index in [9.17, 15) is 9.59 Å². The maximum absolute atomic E-state index is 11.8. The molecule has 1 amide bonds. The Hall–Kier alpha value is -1.78. The number of carboxylic acid groups (broad SMARTS) is 1. The zero-order valence-corrected chi connectivity index (χ0v) is 9.16. The van der Waals surface area contributed by atoms with Gasteiger partial charge in [0.25, 0.3) is 5.91 Å². The Kier molecular flexibility index (Phi) is 2.26. The number of furan rings is 1. The summed E-state index contributed by atoms with van der Waals surface area (Å²) in [6, 6.07) is 1.61. The summed E-state index contributed by atoms with van der Waals surface area (Å²) in [5.74, 6) is -0.202. The van der Waals surface area contributed by atoms with Crippen LogP contribution in [-0.4, -0.2) is 22.5 Å². The molecular weight excluding hydrogens is 210 g/mol. The van der Waals surface area contributed by atoms with Crippen molar-refractivity contribution < 1.29 is 19.1 Å². The monoisotopic (exact) mass is 223 g/mol. The molecule has 0 bridgehead atoms. The topological polar surface area (TPSA) is 79.5 Å². The third kappa shape index (κ3) is 1.68. The van der Waals surface area contributed by atoms with Crippen LogP contribution in [0.2, 0.25) is 0 Å². The molecule has 1 heterocycles. The summed E-state index contributed by atoms with van der Waals surface area (Å²) in [6.45, 7) is 3.43. The minimum Gasteiger partial charge on any atom is -0.480 e. The molecule has 16 heavy (non-hydrogen) atoms. The number of aliphatic carboxylic acids is 1. The van der Waals surface area contributed by atoms with Crippen molar-refractivity contribution in [1.82, 2.24) is 5.32 Å². The third-order valence-corrected chi connectivity index (χ3v) is 2.80. The van der Waals surface area contributed by atoms with Gasteiger partial charge >= 0.3 is 5.97 Å². The number of rotatable bonds is 3. The van der Waals surface area contributed by atoms with Gasteiger partial charge in [0.15, 0.2) is 0 Å². The van der Waals surface area contributed by atoms with Gasteiger partial charge in [-0.05, 0) is 32.8 Å². The number of hydrogen-bond acceptors (Lipinski definition) is 3. The van der Waals surface area contributed by atoms with Crippen LogP contribution in [0, 0.1) is 13.8 Å². The van der Waals surface area contributed by atoms with Crippen molar-refractivity contribution in [2.75, 3.05) is 0 Å². The molecule has 1 aliphatic rings. The minimum atomic E-state index is -1.05. The van der Waals surface area contributed by atoms with Gasteiger partial charge in [-0.1, -0.05) is 0 Å². The first kappa shape index (κ1) is 10.7. The highest BCUT2D eigenvalue weighted by atomic mass is 16.4. The number of aryl methyl sites for hydroxylation is 2. The third-order valence-electron chi connectivity index (χ3n) is 2.80. The Morgan fingerprint density at radius 2 is 2.06 bits per heavy atom. The molecule has 1 aliphatic carbocycles. The summed E-state index contributed by atoms with van der Waals surface area (Å²) < 4.78 is 5.22. The molecule has 2 rings (SSSR count). The fourth-order valence-electron chi connectivity index (χ4n) is 1.66. The molecule has 1 aromatic heterocycles. The van der Waals surface area contributed by atoms with E-state index in [1.54, 1.807) is 19.9 Å². The van der Waals surface area contributed by atoms with Crippen LogP contribution >= 0.6 is 0 Å². The van der Waals surface area contributed by atoms with E-state index in [-0.39, 0.29) is 5.91 Å². The van der Waals surface area contributed by atoms with Gasteiger partial charge in [0.1, 0.15) is 17.1 Å². The molecule has 2 N–H and O–H groups in total. The van der Waals surface area contributed by atoms with Crippen LogP contribution in [-0.2, 0) is 4.79 Å². The van der Waals surface area contributed by atoms with Crippen LogP contribution < -0.4 is 5.32 Å². The van der Waals surface area contributed by atoms with E-state index in [4.69, 9.17) is 9.52 Å². The number of carbonyl (C=O) groups excluding carboxylic acids is 1. The number of hydrogen-bond donors (Lipinski definition) is 2. The molecule has 0 aliphatic heterocycles. The molecule has 0 spiro atoms. The summed E-state index contributed by atoms with van der Waals surface area (Å²) in [5, 5.41) is 11.5. The maximum atomic E-state index is 11.8. The van der Waals surface area contributed by atoms with Crippen LogP contribution in [0.15, 0.2) is 10.5 Å². The fourth-order valence-corrected chi connectivity index (χ4v) is 1.66. The van der Waals surface area contributed by atoms with Crippen molar-refractivity contribution in [2.24, 2.45) is 0 Å². The first-order valence-corrected chi connectivity index (χ1v) is 5.07. The number of carboxylic acids is 1. The van der Waals surface area contributed by atoms with Crippen LogP contribution in [0.25, 0.3) is 0 Å². The Bertz CT molecular complexity index is 457. The van der Waals surface area contributed by atoms with Crippen LogP contribution in [0.3, 0.4) is 0 Å². The fraction of sp³-hybridized carbons (Fsp3) is 0.455. The summed E-state index contributed by atoms with van der Waals surface area (Å²) in [5.41, 5.74) is -0.639. The molecule has 0 aromatic carbocycles. The number of nitrogens with one attached hydrogen (secondary N) is 1. The van der Waals surface area contributed by atoms with Crippen molar-refractivity contribution in [1.29, 1.82) is 0 Å². The highest BCUT2D eigenvalue weighted by Gasteiger charge is 2.51. The van der Waals surface area contributed by atoms with Crippen molar-refractivity contribution in [2.45, 2.75) is 32.2 Å². The van der Waals surface area contributed by atoms with Gasteiger partial charge < -0.3 is 14.8 Å². The molecule has 5 nitrogen and oxygen atoms in total. The molecule has 0 radical (unpaired) electrons. The van der Waals surface area contributed by atoms with Gasteiger partial charge in [-0.3, -0.25) is 4.79 Å². The van der Waals surface area contributed by atoms with E-state index in [0.717, 1.165) is 0 Å². The zero-order chi connectivity index (χ0) is 11.9. The molecule has 1 saturated carbocycles. The van der Waals surface area contributed by atoms with Crippen molar-refractivity contribution in [3.8, 4) is 0 Å². The SMILES string of the molecule is Cc1cc(C(=O)NC2(C(=O)O)CC2)c(C)o1. The molecular formula is C11H13NO4. The zero-order valence-electron chi connectivity index (χ0n) is 9.16. The van der Waals surface area contributed by atoms with E-state index in [1.807, 2.05) is 0 Å². The lowest BCUT2D eigenvalue weighted by Gasteiger charge is -2.11. The van der Waals surface area contributed by atoms with Crippen LogP contribution in [0.4, 0.5) is 0 Å². The lowest BCUT2D eigenvalue weighted by Crippen LogP contribution is -2.43. The van der Waals surface area contributed by atoms with Crippen LogP contribution in [0.1, 0.15) is 34.7 Å². The molecule has 86 valence electrons. The second-order valence-electron chi connectivity index (χ2n) is 4.17. The van der Waals surface area contributed by atoms with Gasteiger partial charge in [0.2, 0.25) is 0 Å². The first-order chi connectivity index (χ1) is 7.44. The summed E-state index contributed by atoms with van der Waals surface area (Å²) in [4.78, 5) is 22.7. The van der Waals surface area contributed by atoms with Gasteiger partial charge in [0, 0.05) is 0 Å². The highest BCUT2D eigenvalue weighted by Crippen LogP contribution is 2.36. The maximum Gasteiger partial charge on any atom is 0.329 e. The Morgan fingerprint density at radius 1 is 1.44 bits per heavy atom. The average molecular weight is 223 g/mol. The van der Waals surface area contributed by atoms with E-state index in [0.29, 0.717) is 29.9 Å². The summed E-state index contributed by atoms with van der Waals surface area (Å²) >= 11 is 0. The Balaban J connectivity index is 2.15. The van der Waals surface area contributed by atoms with Gasteiger partial charge in [-0.15, -0.1) is 0 Å². The number of amides is 1. The molecule has 5 heteroatoms. The van der Waals surface area contributed by atoms with Crippen molar-refractivity contribution >= 4 is 11.9 Å². The predicted octanol–water partition coefficient (Wildman–Crippen LogP) is 1.24. The quantitative estimate of drug-likeness (QED) is 0.808. The predicted molar refractivity (Wildman–Crippen MR) is 55.2 cm³/mol. The lowest BCUT2D eigenvalue weighted by molar-refractivity contribution is -0.140. The van der Waals surface area contributed by atoms with Gasteiger partial charge in [-0.25, -0.2) is 4.79 Å². The largest absolute Gasteiger partial charge is 0.480 e. The van der Waals surface area contributed by atoms with E-state index >= 15 is 0 Å². The summed E-state index contributed by atoms with van der Waals surface area (Å²) in [7, 11) is 0. The molecule has 1 fully saturated rings. The standard InChI is InChI=1S/C11H13NO4/c1-6-5-8(7(2)16-6)9(13)12-11(3-4-11)10(14)15/h5H,3-4H2,1-2H3,(H,12,13)(H,14,15). The summed E-state index contributed by atoms with van der Waals surface area (Å²) in [6.07, 6.45) is 0.980. The van der Waals surface area contributed by atoms with Crippen molar-refractivity contribution in [3.05, 3.63) is 23.2 Å². The van der Waals surface area contributed by atoms with E-state index in [2.05, 4.69) is 5.32 Å². The van der Waals surface area contributed by atoms with Crippen LogP contribution in [0.5, 0.6) is 0 Å². The Morgan fingerprint density at radius 3 is 2.44 bits per heavy atom. The lowest BCUT2D eigenvalue weighted by atomic mass is 10.2. The van der Waals surface area contributed by atoms with E-state index in [1.165, 1.54) is 0 Å². The minimum absolute atomic E-state index is 0.380. The van der Waals surface area contributed by atoms with E-state index < -0.39 is 11.5 Å². The number of carbonyl (C=O) groups is 2.